The molecule has 0 aliphatic carbocycles. The largest absolute Gasteiger partial charge is 0.495 e. The Morgan fingerprint density at radius 1 is 0.899 bits per heavy atom. The minimum atomic E-state index is -1.16. The lowest BCUT2D eigenvalue weighted by atomic mass is 9.90. The van der Waals surface area contributed by atoms with Crippen LogP contribution in [0.25, 0.3) is 0 Å². The topological polar surface area (TPSA) is 260 Å². The van der Waals surface area contributed by atoms with Crippen molar-refractivity contribution in [3.8, 4) is 5.75 Å². The number of esters is 1. The highest BCUT2D eigenvalue weighted by atomic mass is 35.5. The van der Waals surface area contributed by atoms with Crippen LogP contribution in [-0.4, -0.2) is 103 Å². The normalized spacial score (nSPS) is 22.7. The van der Waals surface area contributed by atoms with Gasteiger partial charge in [0.15, 0.2) is 0 Å². The fourth-order valence-corrected chi connectivity index (χ4v) is 7.96. The SMILES string of the molecule is COc1ccc(C[C@H]2NC(=O)/C=C\C[C@@H]([C@H](C)[C@H]3O[C@@H]3c3ccc(CNC(=O)[C@H](C)NC(=O)[C@@H](NC(=O)CCCC(=O)O)C(C)C)cc3)OC(=O)[C@H](CC(C)C)NC(=O)C(C)(C)CNC2=O)cc1Cl. The number of aliphatic carboxylic acids is 1. The minimum absolute atomic E-state index is 0.00728. The summed E-state index contributed by atoms with van der Waals surface area (Å²) in [6.07, 6.45) is 1.78. The number of ether oxygens (including phenoxy) is 3. The molecule has 1 saturated heterocycles. The van der Waals surface area contributed by atoms with Crippen molar-refractivity contribution in [2.24, 2.45) is 23.2 Å². The number of carboxylic acid groups (broad SMARTS) is 1. The molecule has 0 unspecified atom stereocenters. The van der Waals surface area contributed by atoms with Gasteiger partial charge in [-0.05, 0) is 80.3 Å². The van der Waals surface area contributed by atoms with Crippen molar-refractivity contribution < 1.29 is 57.7 Å². The van der Waals surface area contributed by atoms with Crippen LogP contribution in [0.15, 0.2) is 54.6 Å². The number of carboxylic acids is 1. The number of methoxy groups -OCH3 is 1. The van der Waals surface area contributed by atoms with Crippen molar-refractivity contribution in [2.75, 3.05) is 13.7 Å². The molecule has 0 aromatic heterocycles. The molecule has 6 amide bonds. The second-order valence-corrected chi connectivity index (χ2v) is 19.6. The average Bonchev–Trinajstić information content (AvgIpc) is 4.09. The van der Waals surface area contributed by atoms with E-state index in [1.54, 1.807) is 52.0 Å². The van der Waals surface area contributed by atoms with Gasteiger partial charge in [0.05, 0.1) is 23.7 Å². The third kappa shape index (κ3) is 17.2. The number of rotatable bonds is 19. The molecule has 2 heterocycles. The standard InChI is InChI=1S/C50H69ClN6O12/c1-27(2)22-36-48(65)68-37(12-10-13-39(58)55-35(24-32-18-21-38(67-9)34(51)23-32)46(63)53-26-50(7,8)49(66)56-36)29(5)43-44(69-43)33-19-16-31(17-20-33)25-52-45(62)30(6)54-47(64)42(28(3)4)57-40(59)14-11-15-41(60)61/h10,13,16-21,23,27-30,35-37,42-44H,11-12,14-15,22,24-26H2,1-9H3,(H,52,62)(H,53,63)(H,54,64)(H,55,58)(H,56,66)(H,57,59)(H,60,61)/b13-10-/t29-,30-,35+,36-,37-,42-,43+,44+/m0/s1. The maximum atomic E-state index is 13.9. The molecule has 2 aromatic rings. The Kier molecular flexibility index (Phi) is 20.6. The van der Waals surface area contributed by atoms with Gasteiger partial charge in [0.25, 0.3) is 0 Å². The van der Waals surface area contributed by atoms with Gasteiger partial charge in [-0.2, -0.15) is 0 Å². The fourth-order valence-electron chi connectivity index (χ4n) is 7.68. The highest BCUT2D eigenvalue weighted by molar-refractivity contribution is 6.32. The molecule has 4 rings (SSSR count). The van der Waals surface area contributed by atoms with E-state index in [-0.39, 0.29) is 75.2 Å². The Morgan fingerprint density at radius 2 is 1.58 bits per heavy atom. The van der Waals surface area contributed by atoms with Crippen molar-refractivity contribution in [3.63, 3.8) is 0 Å². The van der Waals surface area contributed by atoms with Crippen molar-refractivity contribution in [2.45, 2.75) is 143 Å². The molecule has 1 fully saturated rings. The van der Waals surface area contributed by atoms with E-state index in [2.05, 4.69) is 31.9 Å². The van der Waals surface area contributed by atoms with Crippen LogP contribution < -0.4 is 36.6 Å². The molecule has 19 heteroatoms. The van der Waals surface area contributed by atoms with E-state index in [1.807, 2.05) is 45.0 Å². The van der Waals surface area contributed by atoms with Crippen molar-refractivity contribution in [1.82, 2.24) is 31.9 Å². The summed E-state index contributed by atoms with van der Waals surface area (Å²) in [7, 11) is 1.49. The quantitative estimate of drug-likeness (QED) is 0.0772. The van der Waals surface area contributed by atoms with Gasteiger partial charge in [-0.1, -0.05) is 82.6 Å². The van der Waals surface area contributed by atoms with Gasteiger partial charge in [0.1, 0.15) is 42.1 Å². The summed E-state index contributed by atoms with van der Waals surface area (Å²) >= 11 is 6.37. The van der Waals surface area contributed by atoms with Gasteiger partial charge in [-0.3, -0.25) is 33.6 Å². The average molecular weight is 982 g/mol. The molecule has 2 aliphatic heterocycles. The lowest BCUT2D eigenvalue weighted by Gasteiger charge is -2.30. The number of hydrogen-bond acceptors (Lipinski definition) is 11. The third-order valence-electron chi connectivity index (χ3n) is 12.0. The summed E-state index contributed by atoms with van der Waals surface area (Å²) in [5.74, 6) is -4.84. The Labute approximate surface area is 409 Å². The van der Waals surface area contributed by atoms with Crippen LogP contribution in [0.1, 0.15) is 110 Å². The monoisotopic (exact) mass is 980 g/mol. The molecule has 2 aromatic carbocycles. The summed E-state index contributed by atoms with van der Waals surface area (Å²) < 4.78 is 17.6. The number of nitrogens with one attached hydrogen (secondary N) is 6. The van der Waals surface area contributed by atoms with Crippen molar-refractivity contribution in [3.05, 3.63) is 76.3 Å². The summed E-state index contributed by atoms with van der Waals surface area (Å²) in [6.45, 7) is 14.1. The first-order valence-corrected chi connectivity index (χ1v) is 23.8. The van der Waals surface area contributed by atoms with Gasteiger partial charge in [-0.15, -0.1) is 0 Å². The van der Waals surface area contributed by atoms with Crippen molar-refractivity contribution in [1.29, 1.82) is 0 Å². The predicted octanol–water partition coefficient (Wildman–Crippen LogP) is 4.21. The molecule has 2 aliphatic rings. The maximum Gasteiger partial charge on any atom is 0.328 e. The predicted molar refractivity (Wildman–Crippen MR) is 256 cm³/mol. The van der Waals surface area contributed by atoms with Crippen LogP contribution in [-0.2, 0) is 60.8 Å². The molecule has 7 N–H and O–H groups in total. The number of carbonyl (C=O) groups is 8. The van der Waals surface area contributed by atoms with E-state index in [1.165, 1.54) is 20.1 Å². The lowest BCUT2D eigenvalue weighted by molar-refractivity contribution is -0.157. The molecule has 18 nitrogen and oxygen atoms in total. The van der Waals surface area contributed by atoms with E-state index >= 15 is 0 Å². The Balaban J connectivity index is 1.43. The number of halogens is 1. The van der Waals surface area contributed by atoms with E-state index in [0.717, 1.165) is 11.1 Å². The fraction of sp³-hybridized carbons (Fsp3) is 0.560. The van der Waals surface area contributed by atoms with Gasteiger partial charge in [0.2, 0.25) is 35.4 Å². The van der Waals surface area contributed by atoms with E-state index in [9.17, 15) is 38.4 Å². The van der Waals surface area contributed by atoms with Gasteiger partial charge in [-0.25, -0.2) is 4.79 Å². The Bertz CT molecular complexity index is 2200. The van der Waals surface area contributed by atoms with Gasteiger partial charge in [0, 0.05) is 44.7 Å². The summed E-state index contributed by atoms with van der Waals surface area (Å²) in [5.41, 5.74) is 1.12. The highest BCUT2D eigenvalue weighted by Crippen LogP contribution is 2.45. The molecular formula is C50H69ClN6O12. The van der Waals surface area contributed by atoms with Crippen LogP contribution in [0.3, 0.4) is 0 Å². The molecule has 0 saturated carbocycles. The number of benzene rings is 2. The van der Waals surface area contributed by atoms with Crippen LogP contribution in [0.5, 0.6) is 5.75 Å². The zero-order valence-corrected chi connectivity index (χ0v) is 41.7. The van der Waals surface area contributed by atoms with E-state index < -0.39 is 83.1 Å². The van der Waals surface area contributed by atoms with Crippen LogP contribution in [0, 0.1) is 23.2 Å². The number of cyclic esters (lactones) is 1. The summed E-state index contributed by atoms with van der Waals surface area (Å²) in [5, 5.41) is 25.7. The summed E-state index contributed by atoms with van der Waals surface area (Å²) in [6, 6.07) is 8.61. The summed E-state index contributed by atoms with van der Waals surface area (Å²) in [4.78, 5) is 104. The van der Waals surface area contributed by atoms with E-state index in [4.69, 9.17) is 30.9 Å². The molecule has 378 valence electrons. The van der Waals surface area contributed by atoms with Crippen LogP contribution >= 0.6 is 11.6 Å². The molecule has 0 radical (unpaired) electrons. The lowest BCUT2D eigenvalue weighted by Crippen LogP contribution is -2.54. The van der Waals surface area contributed by atoms with Crippen LogP contribution in [0.2, 0.25) is 5.02 Å². The second kappa shape index (κ2) is 25.6. The maximum absolute atomic E-state index is 13.9. The molecular weight excluding hydrogens is 912 g/mol. The number of carbonyl (C=O) groups excluding carboxylic acids is 7. The minimum Gasteiger partial charge on any atom is -0.495 e. The zero-order chi connectivity index (χ0) is 51.2. The van der Waals surface area contributed by atoms with Crippen molar-refractivity contribution >= 4 is 59.0 Å². The van der Waals surface area contributed by atoms with Gasteiger partial charge < -0.3 is 51.2 Å². The molecule has 8 atom stereocenters. The second-order valence-electron chi connectivity index (χ2n) is 19.2. The van der Waals surface area contributed by atoms with E-state index in [0.29, 0.717) is 22.8 Å². The first-order chi connectivity index (χ1) is 32.5. The van der Waals surface area contributed by atoms with Gasteiger partial charge >= 0.3 is 11.9 Å². The molecule has 0 spiro atoms. The Morgan fingerprint density at radius 3 is 2.20 bits per heavy atom. The van der Waals surface area contributed by atoms with Crippen LogP contribution in [0.4, 0.5) is 0 Å². The zero-order valence-electron chi connectivity index (χ0n) is 40.9. The first kappa shape index (κ1) is 55.6. The Hall–Kier alpha value is -6.01. The smallest absolute Gasteiger partial charge is 0.328 e. The molecule has 69 heavy (non-hydrogen) atoms. The third-order valence-corrected chi connectivity index (χ3v) is 12.3. The number of epoxide rings is 1. The first-order valence-electron chi connectivity index (χ1n) is 23.4. The highest BCUT2D eigenvalue weighted by Gasteiger charge is 2.48. The molecule has 0 bridgehead atoms. The number of hydrogen-bond donors (Lipinski definition) is 7. The number of amides is 6.